The number of rotatable bonds is 3. The van der Waals surface area contributed by atoms with E-state index in [0.717, 1.165) is 33.8 Å². The Bertz CT molecular complexity index is 1610. The minimum Gasteiger partial charge on any atom is -0.351 e. The molecule has 38 heavy (non-hydrogen) atoms. The largest absolute Gasteiger partial charge is 0.351 e. The molecule has 0 radical (unpaired) electrons. The maximum absolute atomic E-state index is 13.8. The number of likely N-dealkylation sites (tertiary alicyclic amines) is 1. The molecule has 194 valence electrons. The number of aromatic amines is 2. The van der Waals surface area contributed by atoms with Crippen LogP contribution in [0, 0.1) is 12.3 Å². The second kappa shape index (κ2) is 7.72. The lowest BCUT2D eigenvalue weighted by atomic mass is 9.73. The van der Waals surface area contributed by atoms with Crippen LogP contribution in [0.5, 0.6) is 0 Å². The van der Waals surface area contributed by atoms with Crippen LogP contribution in [0.4, 0.5) is 0 Å². The van der Waals surface area contributed by atoms with E-state index in [1.54, 1.807) is 0 Å². The van der Waals surface area contributed by atoms with E-state index in [4.69, 9.17) is 0 Å². The van der Waals surface area contributed by atoms with Gasteiger partial charge in [-0.3, -0.25) is 14.4 Å². The second-order valence-corrected chi connectivity index (χ2v) is 12.1. The minimum absolute atomic E-state index is 0.0233. The molecule has 3 fully saturated rings. The highest BCUT2D eigenvalue weighted by atomic mass is 16.2. The van der Waals surface area contributed by atoms with Gasteiger partial charge in [-0.2, -0.15) is 0 Å². The van der Waals surface area contributed by atoms with Crippen LogP contribution in [0.15, 0.2) is 54.6 Å². The quantitative estimate of drug-likeness (QED) is 0.389. The SMILES string of the molecule is Cc1ccc2cc(C(=O)N3C[C@@H]4C[C@@]35CN4C(=O)[C@@H](NC(=O)c3cc4ccccc4[nH]3)C(C)(C)C5)[nH]c2c1. The first-order chi connectivity index (χ1) is 18.1. The lowest BCUT2D eigenvalue weighted by Crippen LogP contribution is -2.57. The summed E-state index contributed by atoms with van der Waals surface area (Å²) >= 11 is 0. The van der Waals surface area contributed by atoms with Gasteiger partial charge in [-0.05, 0) is 55.0 Å². The molecule has 7 rings (SSSR count). The van der Waals surface area contributed by atoms with Gasteiger partial charge < -0.3 is 25.1 Å². The van der Waals surface area contributed by atoms with Crippen molar-refractivity contribution in [1.82, 2.24) is 25.1 Å². The smallest absolute Gasteiger partial charge is 0.270 e. The molecule has 2 aromatic heterocycles. The number of aromatic nitrogens is 2. The van der Waals surface area contributed by atoms with Crippen molar-refractivity contribution in [3.63, 3.8) is 0 Å². The third kappa shape index (κ3) is 3.32. The number of nitrogens with one attached hydrogen (secondary N) is 3. The van der Waals surface area contributed by atoms with E-state index >= 15 is 0 Å². The van der Waals surface area contributed by atoms with Gasteiger partial charge in [0.1, 0.15) is 17.4 Å². The molecular weight excluding hydrogens is 478 g/mol. The molecule has 5 heterocycles. The van der Waals surface area contributed by atoms with Crippen LogP contribution < -0.4 is 5.32 Å². The topological polar surface area (TPSA) is 101 Å². The van der Waals surface area contributed by atoms with Gasteiger partial charge in [0.05, 0.1) is 11.6 Å². The predicted octanol–water partition coefficient (Wildman–Crippen LogP) is 3.98. The zero-order valence-corrected chi connectivity index (χ0v) is 21.8. The molecule has 2 aromatic carbocycles. The molecule has 4 aromatic rings. The number of amides is 3. The first-order valence-corrected chi connectivity index (χ1v) is 13.2. The molecule has 3 bridgehead atoms. The maximum Gasteiger partial charge on any atom is 0.270 e. The normalized spacial score (nSPS) is 25.8. The zero-order valence-electron chi connectivity index (χ0n) is 21.8. The van der Waals surface area contributed by atoms with Crippen molar-refractivity contribution < 1.29 is 14.4 Å². The van der Waals surface area contributed by atoms with E-state index in [0.29, 0.717) is 30.9 Å². The zero-order chi connectivity index (χ0) is 26.4. The van der Waals surface area contributed by atoms with Crippen molar-refractivity contribution in [3.05, 3.63) is 71.5 Å². The fourth-order valence-electron chi connectivity index (χ4n) is 7.22. The Morgan fingerprint density at radius 1 is 0.974 bits per heavy atom. The summed E-state index contributed by atoms with van der Waals surface area (Å²) < 4.78 is 0. The fraction of sp³-hybridized carbons (Fsp3) is 0.367. The number of H-pyrrole nitrogens is 2. The van der Waals surface area contributed by atoms with Crippen LogP contribution in [-0.4, -0.2) is 68.2 Å². The van der Waals surface area contributed by atoms with Crippen molar-refractivity contribution in [1.29, 1.82) is 0 Å². The van der Waals surface area contributed by atoms with Gasteiger partial charge in [-0.25, -0.2) is 0 Å². The monoisotopic (exact) mass is 509 g/mol. The van der Waals surface area contributed by atoms with Gasteiger partial charge >= 0.3 is 0 Å². The highest BCUT2D eigenvalue weighted by molar-refractivity contribution is 6.01. The Morgan fingerprint density at radius 2 is 1.71 bits per heavy atom. The summed E-state index contributed by atoms with van der Waals surface area (Å²) in [6.45, 7) is 7.10. The molecule has 3 saturated heterocycles. The molecule has 0 unspecified atom stereocenters. The Kier molecular flexibility index (Phi) is 4.69. The number of aryl methyl sites for hydroxylation is 1. The van der Waals surface area contributed by atoms with Gasteiger partial charge in [0.2, 0.25) is 5.91 Å². The van der Waals surface area contributed by atoms with Gasteiger partial charge in [-0.1, -0.05) is 44.2 Å². The molecule has 0 saturated carbocycles. The van der Waals surface area contributed by atoms with Crippen molar-refractivity contribution in [3.8, 4) is 0 Å². The van der Waals surface area contributed by atoms with Crippen LogP contribution >= 0.6 is 0 Å². The standard InChI is InChI=1S/C30H31N5O3/c1-17-8-9-19-12-24(32-22(19)10-17)27(37)35-14-20-13-30(35)15-29(2,3)25(28(38)34(20)16-30)33-26(36)23-11-18-6-4-5-7-21(18)31-23/h4-12,20,25,31-32H,13-16H2,1-3H3,(H,33,36)/t20-,25+,30+/m0/s1. The summed E-state index contributed by atoms with van der Waals surface area (Å²) in [6.07, 6.45) is 1.40. The molecule has 3 amide bonds. The molecule has 0 aliphatic carbocycles. The fourth-order valence-corrected chi connectivity index (χ4v) is 7.22. The maximum atomic E-state index is 13.8. The van der Waals surface area contributed by atoms with Crippen LogP contribution in [0.25, 0.3) is 21.8 Å². The predicted molar refractivity (Wildman–Crippen MR) is 145 cm³/mol. The summed E-state index contributed by atoms with van der Waals surface area (Å²) in [6, 6.07) is 16.9. The molecule has 3 aliphatic rings. The Morgan fingerprint density at radius 3 is 2.53 bits per heavy atom. The van der Waals surface area contributed by atoms with Crippen LogP contribution in [0.2, 0.25) is 0 Å². The van der Waals surface area contributed by atoms with Crippen LogP contribution in [0.3, 0.4) is 0 Å². The highest BCUT2D eigenvalue weighted by Gasteiger charge is 2.63. The minimum atomic E-state index is -0.683. The van der Waals surface area contributed by atoms with E-state index in [1.165, 1.54) is 0 Å². The molecule has 8 nitrogen and oxygen atoms in total. The van der Waals surface area contributed by atoms with Crippen LogP contribution in [0.1, 0.15) is 53.2 Å². The lowest BCUT2D eigenvalue weighted by molar-refractivity contribution is -0.136. The van der Waals surface area contributed by atoms with E-state index < -0.39 is 17.0 Å². The first-order valence-electron chi connectivity index (χ1n) is 13.2. The van der Waals surface area contributed by atoms with E-state index in [2.05, 4.69) is 21.4 Å². The summed E-state index contributed by atoms with van der Waals surface area (Å²) in [5, 5.41) is 5.02. The molecule has 3 aliphatic heterocycles. The lowest BCUT2D eigenvalue weighted by Gasteiger charge is -2.42. The van der Waals surface area contributed by atoms with Gasteiger partial charge in [0.25, 0.3) is 11.8 Å². The van der Waals surface area contributed by atoms with Crippen molar-refractivity contribution >= 4 is 39.5 Å². The first kappa shape index (κ1) is 23.1. The second-order valence-electron chi connectivity index (χ2n) is 12.1. The number of piperazine rings is 1. The average molecular weight is 510 g/mol. The summed E-state index contributed by atoms with van der Waals surface area (Å²) in [5.41, 5.74) is 2.98. The van der Waals surface area contributed by atoms with Crippen molar-refractivity contribution in [2.75, 3.05) is 13.1 Å². The number of benzene rings is 2. The van der Waals surface area contributed by atoms with E-state index in [1.807, 2.05) is 79.1 Å². The average Bonchev–Trinajstić information content (AvgIpc) is 3.64. The number of hydrogen-bond acceptors (Lipinski definition) is 3. The number of nitrogens with zero attached hydrogens (tertiary/aromatic N) is 2. The number of hydrogen-bond donors (Lipinski definition) is 3. The van der Waals surface area contributed by atoms with Gasteiger partial charge in [-0.15, -0.1) is 0 Å². The summed E-state index contributed by atoms with van der Waals surface area (Å²) in [5.74, 6) is -0.375. The van der Waals surface area contributed by atoms with Crippen molar-refractivity contribution in [2.24, 2.45) is 5.41 Å². The Hall–Kier alpha value is -4.07. The van der Waals surface area contributed by atoms with Crippen LogP contribution in [-0.2, 0) is 4.79 Å². The molecule has 8 heteroatoms. The number of carbonyl (C=O) groups is 3. The van der Waals surface area contributed by atoms with Crippen molar-refractivity contribution in [2.45, 2.75) is 51.2 Å². The molecular formula is C30H31N5O3. The third-order valence-corrected chi connectivity index (χ3v) is 8.89. The number of para-hydroxylation sites is 1. The van der Waals surface area contributed by atoms with E-state index in [9.17, 15) is 14.4 Å². The highest BCUT2D eigenvalue weighted by Crippen LogP contribution is 2.51. The van der Waals surface area contributed by atoms with Gasteiger partial charge in [0, 0.05) is 34.9 Å². The van der Waals surface area contributed by atoms with E-state index in [-0.39, 0.29) is 23.8 Å². The third-order valence-electron chi connectivity index (χ3n) is 8.89. The van der Waals surface area contributed by atoms with Gasteiger partial charge in [0.15, 0.2) is 0 Å². The number of carbonyl (C=O) groups excluding carboxylic acids is 3. The molecule has 3 N–H and O–H groups in total. The summed E-state index contributed by atoms with van der Waals surface area (Å²) in [7, 11) is 0. The molecule has 3 atom stereocenters. The number of fused-ring (bicyclic) bond motifs is 5. The Balaban J connectivity index is 1.18. The molecule has 1 spiro atoms. The summed E-state index contributed by atoms with van der Waals surface area (Å²) in [4.78, 5) is 51.3. The Labute approximate surface area is 220 Å².